The van der Waals surface area contributed by atoms with E-state index in [1.165, 1.54) is 259 Å². The molecule has 69 heavy (non-hydrogen) atoms. The second-order valence-electron chi connectivity index (χ2n) is 22.9. The van der Waals surface area contributed by atoms with Gasteiger partial charge in [-0.15, -0.1) is 0 Å². The highest BCUT2D eigenvalue weighted by atomic mass is 14.9. The van der Waals surface area contributed by atoms with Crippen molar-refractivity contribution in [2.24, 2.45) is 17.8 Å². The molecular formula is C64H119N5. The van der Waals surface area contributed by atoms with Gasteiger partial charge in [0.25, 0.3) is 0 Å². The predicted octanol–water partition coefficient (Wildman–Crippen LogP) is 17.3. The fourth-order valence-corrected chi connectivity index (χ4v) is 9.85. The standard InChI is InChI=1S/C64H119N5/c1-57(2)52-65-43-34-28-22-16-10-8-7-9-15-21-27-33-40-60-41-39-42-63(49-60)64-50-61(55-68-46-37-31-25-19-13-11-17-23-29-35-44-66-53-58(3)4)48-62(51-64)56-69-47-38-32-26-20-14-12-18-24-30-36-45-67-54-59(5)6/h39,41-42,48-51,57-59,65-69H,7-38,40,43-47,52-56H2,1-6H3. The molecule has 0 amide bonds. The number of hydrogen-bond acceptors (Lipinski definition) is 5. The topological polar surface area (TPSA) is 60.1 Å². The first kappa shape index (κ1) is 63.4. The van der Waals surface area contributed by atoms with Crippen molar-refractivity contribution in [1.82, 2.24) is 26.6 Å². The van der Waals surface area contributed by atoms with Crippen LogP contribution in [0.5, 0.6) is 0 Å². The van der Waals surface area contributed by atoms with Crippen LogP contribution in [0.3, 0.4) is 0 Å². The smallest absolute Gasteiger partial charge is 0.0205 e. The third-order valence-electron chi connectivity index (χ3n) is 14.1. The lowest BCUT2D eigenvalue weighted by atomic mass is 9.96. The fourth-order valence-electron chi connectivity index (χ4n) is 9.85. The summed E-state index contributed by atoms with van der Waals surface area (Å²) in [6, 6.07) is 16.9. The van der Waals surface area contributed by atoms with Gasteiger partial charge in [0.05, 0.1) is 0 Å². The molecule has 0 unspecified atom stereocenters. The summed E-state index contributed by atoms with van der Waals surface area (Å²) >= 11 is 0. The normalized spacial score (nSPS) is 11.9. The van der Waals surface area contributed by atoms with Gasteiger partial charge < -0.3 is 26.6 Å². The number of rotatable bonds is 52. The lowest BCUT2D eigenvalue weighted by Crippen LogP contribution is -2.20. The summed E-state index contributed by atoms with van der Waals surface area (Å²) in [5, 5.41) is 18.4. The SMILES string of the molecule is CC(C)CNCCCCCCCCCCCCCCc1cccc(-c2cc(CNCCCCCCCCCCCCNCC(C)C)cc(CNCCCCCCCCCCCCNCC(C)C)c2)c1. The zero-order valence-corrected chi connectivity index (χ0v) is 47.2. The van der Waals surface area contributed by atoms with Gasteiger partial charge >= 0.3 is 0 Å². The first-order valence-corrected chi connectivity index (χ1v) is 30.6. The minimum absolute atomic E-state index is 0.761. The third kappa shape index (κ3) is 41.4. The molecule has 5 nitrogen and oxygen atoms in total. The van der Waals surface area contributed by atoms with E-state index in [1.807, 2.05) is 0 Å². The molecule has 0 radical (unpaired) electrons. The van der Waals surface area contributed by atoms with Crippen LogP contribution in [0.25, 0.3) is 11.1 Å². The lowest BCUT2D eigenvalue weighted by Gasteiger charge is -2.13. The maximum atomic E-state index is 3.83. The molecule has 0 atom stereocenters. The molecule has 400 valence electrons. The van der Waals surface area contributed by atoms with Crippen molar-refractivity contribution in [1.29, 1.82) is 0 Å². The first-order valence-electron chi connectivity index (χ1n) is 30.6. The van der Waals surface area contributed by atoms with Crippen molar-refractivity contribution < 1.29 is 0 Å². The number of hydrogen-bond donors (Lipinski definition) is 5. The molecule has 0 aromatic heterocycles. The molecule has 2 aromatic carbocycles. The Hall–Kier alpha value is -1.76. The highest BCUT2D eigenvalue weighted by Gasteiger charge is 2.07. The maximum absolute atomic E-state index is 3.83. The van der Waals surface area contributed by atoms with Crippen LogP contribution in [0.2, 0.25) is 0 Å². The Bertz CT molecular complexity index is 1310. The third-order valence-corrected chi connectivity index (χ3v) is 14.1. The Morgan fingerprint density at radius 2 is 0.551 bits per heavy atom. The molecule has 0 saturated heterocycles. The zero-order chi connectivity index (χ0) is 49.5. The number of nitrogens with one attached hydrogen (secondary N) is 5. The molecule has 0 fully saturated rings. The largest absolute Gasteiger partial charge is 0.316 e. The van der Waals surface area contributed by atoms with Crippen molar-refractivity contribution in [2.75, 3.05) is 52.4 Å². The van der Waals surface area contributed by atoms with Crippen molar-refractivity contribution >= 4 is 0 Å². The van der Waals surface area contributed by atoms with E-state index in [1.54, 1.807) is 0 Å². The second kappa shape index (κ2) is 47.3. The molecule has 0 saturated carbocycles. The average molecular weight is 959 g/mol. The molecule has 2 aromatic rings. The average Bonchev–Trinajstić information content (AvgIpc) is 3.33. The van der Waals surface area contributed by atoms with Crippen LogP contribution in [-0.2, 0) is 19.5 Å². The summed E-state index contributed by atoms with van der Waals surface area (Å²) in [5.41, 5.74) is 7.13. The van der Waals surface area contributed by atoms with Crippen LogP contribution >= 0.6 is 0 Å². The Balaban J connectivity index is 1.70. The predicted molar refractivity (Wildman–Crippen MR) is 310 cm³/mol. The van der Waals surface area contributed by atoms with E-state index in [4.69, 9.17) is 0 Å². The van der Waals surface area contributed by atoms with E-state index in [0.717, 1.165) is 63.6 Å². The Labute approximate surface area is 431 Å². The molecule has 0 aliphatic carbocycles. The van der Waals surface area contributed by atoms with E-state index < -0.39 is 0 Å². The quantitative estimate of drug-likeness (QED) is 0.0428. The summed E-state index contributed by atoms with van der Waals surface area (Å²) in [6.07, 6.45) is 45.6. The summed E-state index contributed by atoms with van der Waals surface area (Å²) in [7, 11) is 0. The second-order valence-corrected chi connectivity index (χ2v) is 22.9. The van der Waals surface area contributed by atoms with E-state index in [0.29, 0.717) is 0 Å². The molecule has 0 heterocycles. The molecule has 2 rings (SSSR count). The van der Waals surface area contributed by atoms with Gasteiger partial charge in [-0.05, 0) is 155 Å². The first-order chi connectivity index (χ1) is 33.8. The van der Waals surface area contributed by atoms with Crippen molar-refractivity contribution in [3.63, 3.8) is 0 Å². The molecular weight excluding hydrogens is 839 g/mol. The van der Waals surface area contributed by atoms with Crippen LogP contribution in [-0.4, -0.2) is 52.4 Å². The minimum Gasteiger partial charge on any atom is -0.316 e. The Kier molecular flexibility index (Phi) is 43.4. The zero-order valence-electron chi connectivity index (χ0n) is 47.2. The summed E-state index contributed by atoms with van der Waals surface area (Å²) in [4.78, 5) is 0. The van der Waals surface area contributed by atoms with E-state index in [-0.39, 0.29) is 0 Å². The summed E-state index contributed by atoms with van der Waals surface area (Å²) in [5.74, 6) is 2.29. The Morgan fingerprint density at radius 3 is 0.870 bits per heavy atom. The molecule has 5 N–H and O–H groups in total. The highest BCUT2D eigenvalue weighted by Crippen LogP contribution is 2.25. The Morgan fingerprint density at radius 1 is 0.275 bits per heavy atom. The van der Waals surface area contributed by atoms with E-state index >= 15 is 0 Å². The highest BCUT2D eigenvalue weighted by molar-refractivity contribution is 5.66. The monoisotopic (exact) mass is 958 g/mol. The number of aryl methyl sites for hydroxylation is 1. The minimum atomic E-state index is 0.761. The van der Waals surface area contributed by atoms with Crippen molar-refractivity contribution in [3.8, 4) is 11.1 Å². The summed E-state index contributed by atoms with van der Waals surface area (Å²) in [6.45, 7) is 25.0. The van der Waals surface area contributed by atoms with Crippen LogP contribution in [0.4, 0.5) is 0 Å². The molecule has 0 aliphatic rings. The van der Waals surface area contributed by atoms with Crippen molar-refractivity contribution in [3.05, 3.63) is 59.2 Å². The van der Waals surface area contributed by atoms with Gasteiger partial charge in [-0.1, -0.05) is 239 Å². The molecule has 0 aliphatic heterocycles. The van der Waals surface area contributed by atoms with Crippen LogP contribution in [0.1, 0.15) is 264 Å². The van der Waals surface area contributed by atoms with Gasteiger partial charge in [0.1, 0.15) is 0 Å². The van der Waals surface area contributed by atoms with Gasteiger partial charge in [0, 0.05) is 13.1 Å². The van der Waals surface area contributed by atoms with Crippen LogP contribution in [0.15, 0.2) is 42.5 Å². The van der Waals surface area contributed by atoms with Gasteiger partial charge in [-0.25, -0.2) is 0 Å². The molecule has 0 bridgehead atoms. The van der Waals surface area contributed by atoms with Gasteiger partial charge in [-0.2, -0.15) is 0 Å². The maximum Gasteiger partial charge on any atom is 0.0205 e. The lowest BCUT2D eigenvalue weighted by molar-refractivity contribution is 0.513. The van der Waals surface area contributed by atoms with Gasteiger partial charge in [0.15, 0.2) is 0 Å². The summed E-state index contributed by atoms with van der Waals surface area (Å²) < 4.78 is 0. The fraction of sp³-hybridized carbons (Fsp3) is 0.812. The molecule has 0 spiro atoms. The van der Waals surface area contributed by atoms with Gasteiger partial charge in [0.2, 0.25) is 0 Å². The molecule has 5 heteroatoms. The number of unbranched alkanes of at least 4 members (excludes halogenated alkanes) is 29. The van der Waals surface area contributed by atoms with Crippen LogP contribution in [0, 0.1) is 17.8 Å². The van der Waals surface area contributed by atoms with Crippen molar-refractivity contribution in [2.45, 2.75) is 267 Å². The van der Waals surface area contributed by atoms with Gasteiger partial charge in [-0.3, -0.25) is 0 Å². The number of benzene rings is 2. The van der Waals surface area contributed by atoms with Crippen LogP contribution < -0.4 is 26.6 Å². The van der Waals surface area contributed by atoms with E-state index in [2.05, 4.69) is 111 Å². The van der Waals surface area contributed by atoms with E-state index in [9.17, 15) is 0 Å².